The molecular weight excluding hydrogens is 383 g/mol. The molecule has 1 amide bonds. The Labute approximate surface area is 159 Å². The van der Waals surface area contributed by atoms with Gasteiger partial charge in [-0.2, -0.15) is 13.2 Å². The van der Waals surface area contributed by atoms with E-state index in [-0.39, 0.29) is 34.9 Å². The fraction of sp³-hybridized carbons (Fsp3) is 0.556. The number of aryl methyl sites for hydroxylation is 1. The highest BCUT2D eigenvalue weighted by atomic mass is 35.5. The summed E-state index contributed by atoms with van der Waals surface area (Å²) in [7, 11) is 0. The number of rotatable bonds is 4. The van der Waals surface area contributed by atoms with E-state index < -0.39 is 11.7 Å². The van der Waals surface area contributed by atoms with E-state index in [0.717, 1.165) is 35.9 Å². The summed E-state index contributed by atoms with van der Waals surface area (Å²) in [6.45, 7) is 2.25. The van der Waals surface area contributed by atoms with Crippen molar-refractivity contribution in [2.45, 2.75) is 51.2 Å². The largest absolute Gasteiger partial charge is 0.417 e. The lowest BCUT2D eigenvalue weighted by Crippen LogP contribution is -2.44. The number of aliphatic hydroxyl groups is 1. The van der Waals surface area contributed by atoms with Crippen LogP contribution in [0.2, 0.25) is 5.02 Å². The number of pyridine rings is 1. The molecule has 0 radical (unpaired) electrons. The maximum atomic E-state index is 13.3. The monoisotopic (exact) mass is 403 g/mol. The van der Waals surface area contributed by atoms with Crippen LogP contribution in [-0.2, 0) is 12.6 Å². The summed E-state index contributed by atoms with van der Waals surface area (Å²) in [6.07, 6.45) is -0.339. The second kappa shape index (κ2) is 7.67. The molecule has 1 aliphatic heterocycles. The first kappa shape index (κ1) is 19.9. The number of amides is 1. The SMILES string of the molecule is CCc1nc2c(Cl)cc(C(F)(F)F)cn2c1C(=O)N1CCCCC1CCO. The molecule has 0 spiro atoms. The summed E-state index contributed by atoms with van der Waals surface area (Å²) in [5.41, 5.74) is -0.264. The predicted molar refractivity (Wildman–Crippen MR) is 95.0 cm³/mol. The van der Waals surface area contributed by atoms with Crippen LogP contribution >= 0.6 is 11.6 Å². The van der Waals surface area contributed by atoms with E-state index >= 15 is 0 Å². The molecule has 0 saturated carbocycles. The van der Waals surface area contributed by atoms with Crippen LogP contribution in [0.3, 0.4) is 0 Å². The van der Waals surface area contributed by atoms with Gasteiger partial charge in [-0.25, -0.2) is 4.98 Å². The zero-order chi connectivity index (χ0) is 19.8. The summed E-state index contributed by atoms with van der Waals surface area (Å²) in [6, 6.07) is 0.695. The fourth-order valence-electron chi connectivity index (χ4n) is 3.63. The van der Waals surface area contributed by atoms with E-state index in [4.69, 9.17) is 11.6 Å². The van der Waals surface area contributed by atoms with Gasteiger partial charge < -0.3 is 10.0 Å². The summed E-state index contributed by atoms with van der Waals surface area (Å²) in [5, 5.41) is 9.14. The van der Waals surface area contributed by atoms with Gasteiger partial charge in [-0.3, -0.25) is 9.20 Å². The molecule has 2 aromatic heterocycles. The second-order valence-corrected chi connectivity index (χ2v) is 7.10. The minimum absolute atomic E-state index is 0.0493. The van der Waals surface area contributed by atoms with Gasteiger partial charge in [0, 0.05) is 25.4 Å². The molecule has 3 heterocycles. The Morgan fingerprint density at radius 2 is 2.15 bits per heavy atom. The van der Waals surface area contributed by atoms with Crippen LogP contribution < -0.4 is 0 Å². The van der Waals surface area contributed by atoms with E-state index in [1.165, 1.54) is 0 Å². The van der Waals surface area contributed by atoms with Gasteiger partial charge in [0.2, 0.25) is 0 Å². The van der Waals surface area contributed by atoms with Crippen LogP contribution in [-0.4, -0.2) is 44.5 Å². The van der Waals surface area contributed by atoms with Crippen molar-refractivity contribution < 1.29 is 23.1 Å². The lowest BCUT2D eigenvalue weighted by molar-refractivity contribution is -0.137. The van der Waals surface area contributed by atoms with Crippen molar-refractivity contribution >= 4 is 23.2 Å². The van der Waals surface area contributed by atoms with Crippen molar-refractivity contribution in [1.29, 1.82) is 0 Å². The molecule has 27 heavy (non-hydrogen) atoms. The Balaban J connectivity index is 2.14. The summed E-state index contributed by atoms with van der Waals surface area (Å²) in [5.74, 6) is -0.368. The van der Waals surface area contributed by atoms with Crippen LogP contribution in [0.1, 0.15) is 54.4 Å². The molecule has 1 fully saturated rings. The van der Waals surface area contributed by atoms with Gasteiger partial charge in [0.1, 0.15) is 5.69 Å². The van der Waals surface area contributed by atoms with E-state index in [1.54, 1.807) is 11.8 Å². The minimum Gasteiger partial charge on any atom is -0.396 e. The molecule has 5 nitrogen and oxygen atoms in total. The van der Waals surface area contributed by atoms with Gasteiger partial charge in [0.25, 0.3) is 5.91 Å². The van der Waals surface area contributed by atoms with Gasteiger partial charge in [0.15, 0.2) is 5.65 Å². The number of likely N-dealkylation sites (tertiary alicyclic amines) is 1. The number of piperidine rings is 1. The van der Waals surface area contributed by atoms with Gasteiger partial charge in [-0.15, -0.1) is 0 Å². The third-order valence-corrected chi connectivity index (χ3v) is 5.24. The summed E-state index contributed by atoms with van der Waals surface area (Å²) >= 11 is 6.04. The molecule has 0 bridgehead atoms. The molecule has 3 rings (SSSR count). The topological polar surface area (TPSA) is 57.8 Å². The smallest absolute Gasteiger partial charge is 0.396 e. The van der Waals surface area contributed by atoms with E-state index in [0.29, 0.717) is 25.1 Å². The number of aliphatic hydroxyl groups excluding tert-OH is 1. The first-order valence-corrected chi connectivity index (χ1v) is 9.35. The lowest BCUT2D eigenvalue weighted by atomic mass is 9.99. The summed E-state index contributed by atoms with van der Waals surface area (Å²) < 4.78 is 40.8. The van der Waals surface area contributed by atoms with Crippen molar-refractivity contribution in [3.05, 3.63) is 34.2 Å². The van der Waals surface area contributed by atoms with E-state index in [1.807, 2.05) is 0 Å². The Morgan fingerprint density at radius 3 is 2.78 bits per heavy atom. The molecule has 9 heteroatoms. The van der Waals surface area contributed by atoms with Crippen LogP contribution in [0.25, 0.3) is 5.65 Å². The van der Waals surface area contributed by atoms with Crippen molar-refractivity contribution in [2.24, 2.45) is 0 Å². The van der Waals surface area contributed by atoms with Crippen molar-refractivity contribution in [2.75, 3.05) is 13.2 Å². The molecule has 2 aromatic rings. The number of nitrogens with zero attached hydrogens (tertiary/aromatic N) is 3. The van der Waals surface area contributed by atoms with Gasteiger partial charge in [-0.05, 0) is 38.2 Å². The highest BCUT2D eigenvalue weighted by molar-refractivity contribution is 6.33. The van der Waals surface area contributed by atoms with E-state index in [9.17, 15) is 23.1 Å². The molecular formula is C18H21ClF3N3O2. The summed E-state index contributed by atoms with van der Waals surface area (Å²) in [4.78, 5) is 19.2. The normalized spacial score (nSPS) is 18.3. The number of halogens is 4. The number of imidazole rings is 1. The van der Waals surface area contributed by atoms with E-state index in [2.05, 4.69) is 4.98 Å². The Bertz CT molecular complexity index is 848. The third kappa shape index (κ3) is 3.78. The number of alkyl halides is 3. The number of hydrogen-bond donors (Lipinski definition) is 1. The Hall–Kier alpha value is -1.80. The minimum atomic E-state index is -4.58. The zero-order valence-electron chi connectivity index (χ0n) is 14.9. The number of aromatic nitrogens is 2. The molecule has 1 N–H and O–H groups in total. The van der Waals surface area contributed by atoms with Crippen molar-refractivity contribution in [3.63, 3.8) is 0 Å². The van der Waals surface area contributed by atoms with Gasteiger partial charge >= 0.3 is 6.18 Å². The third-order valence-electron chi connectivity index (χ3n) is 4.96. The van der Waals surface area contributed by atoms with Crippen LogP contribution in [0.4, 0.5) is 13.2 Å². The average molecular weight is 404 g/mol. The molecule has 148 valence electrons. The van der Waals surface area contributed by atoms with Gasteiger partial charge in [-0.1, -0.05) is 18.5 Å². The fourth-order valence-corrected chi connectivity index (χ4v) is 3.88. The molecule has 1 atom stereocenters. The van der Waals surface area contributed by atoms with Crippen LogP contribution in [0, 0.1) is 0 Å². The molecule has 0 aliphatic carbocycles. The van der Waals surface area contributed by atoms with Crippen molar-refractivity contribution in [1.82, 2.24) is 14.3 Å². The quantitative estimate of drug-likeness (QED) is 0.841. The van der Waals surface area contributed by atoms with Gasteiger partial charge in [0.05, 0.1) is 16.3 Å². The highest BCUT2D eigenvalue weighted by Gasteiger charge is 2.35. The molecule has 0 aromatic carbocycles. The molecule has 1 saturated heterocycles. The Morgan fingerprint density at radius 1 is 1.41 bits per heavy atom. The van der Waals surface area contributed by atoms with Crippen LogP contribution in [0.5, 0.6) is 0 Å². The number of hydrogen-bond acceptors (Lipinski definition) is 3. The second-order valence-electron chi connectivity index (χ2n) is 6.69. The zero-order valence-corrected chi connectivity index (χ0v) is 15.6. The first-order chi connectivity index (χ1) is 12.8. The highest BCUT2D eigenvalue weighted by Crippen LogP contribution is 2.34. The Kier molecular flexibility index (Phi) is 5.67. The number of carbonyl (C=O) groups is 1. The maximum Gasteiger partial charge on any atom is 0.417 e. The molecule has 1 aliphatic rings. The standard InChI is InChI=1S/C18H21ClF3N3O2/c1-2-14-15(17(27)24-7-4-3-5-12(24)6-8-26)25-10-11(18(20,21)22)9-13(19)16(25)23-14/h9-10,12,26H,2-8H2,1H3. The average Bonchev–Trinajstić information content (AvgIpc) is 3.00. The first-order valence-electron chi connectivity index (χ1n) is 8.97. The van der Waals surface area contributed by atoms with Crippen LogP contribution in [0.15, 0.2) is 12.3 Å². The predicted octanol–water partition coefficient (Wildman–Crippen LogP) is 3.95. The maximum absolute atomic E-state index is 13.3. The lowest BCUT2D eigenvalue weighted by Gasteiger charge is -2.35. The van der Waals surface area contributed by atoms with Crippen molar-refractivity contribution in [3.8, 4) is 0 Å². The molecule has 1 unspecified atom stereocenters. The number of carbonyl (C=O) groups excluding carboxylic acids is 1. The number of fused-ring (bicyclic) bond motifs is 1.